The lowest BCUT2D eigenvalue weighted by Crippen LogP contribution is -2.42. The molecular formula is C9H10BrN3OS. The number of hydrogen-bond acceptors (Lipinski definition) is 4. The molecule has 0 aromatic carbocycles. The third-order valence-corrected chi connectivity index (χ3v) is 4.08. The molecule has 1 aromatic rings. The van der Waals surface area contributed by atoms with Gasteiger partial charge in [-0.1, -0.05) is 0 Å². The van der Waals surface area contributed by atoms with Crippen molar-refractivity contribution in [1.29, 1.82) is 0 Å². The van der Waals surface area contributed by atoms with Crippen LogP contribution in [0.2, 0.25) is 0 Å². The Kier molecular flexibility index (Phi) is 2.79. The van der Waals surface area contributed by atoms with Crippen molar-refractivity contribution in [2.24, 2.45) is 10.7 Å². The number of carbonyl (C=O) groups is 1. The van der Waals surface area contributed by atoms with Gasteiger partial charge in [0, 0.05) is 21.8 Å². The Hall–Kier alpha value is -0.880. The maximum atomic E-state index is 11.6. The minimum atomic E-state index is -0.120. The summed E-state index contributed by atoms with van der Waals surface area (Å²) in [6.07, 6.45) is 0.393. The van der Waals surface area contributed by atoms with Gasteiger partial charge in [-0.05, 0) is 22.0 Å². The van der Waals surface area contributed by atoms with Crippen LogP contribution in [0.15, 0.2) is 20.9 Å². The molecule has 1 aliphatic rings. The summed E-state index contributed by atoms with van der Waals surface area (Å²) in [6.45, 7) is 0. The van der Waals surface area contributed by atoms with E-state index in [1.165, 1.54) is 4.90 Å². The van der Waals surface area contributed by atoms with Gasteiger partial charge in [0.1, 0.15) is 0 Å². The van der Waals surface area contributed by atoms with Crippen molar-refractivity contribution < 1.29 is 4.79 Å². The fourth-order valence-corrected chi connectivity index (χ4v) is 2.87. The van der Waals surface area contributed by atoms with Gasteiger partial charge in [0.2, 0.25) is 5.91 Å². The average molecular weight is 288 g/mol. The number of rotatable bonds is 1. The molecule has 0 unspecified atom stereocenters. The van der Waals surface area contributed by atoms with E-state index in [1.54, 1.807) is 18.4 Å². The van der Waals surface area contributed by atoms with E-state index in [0.717, 1.165) is 9.35 Å². The molecule has 4 nitrogen and oxygen atoms in total. The molecule has 1 aliphatic heterocycles. The van der Waals surface area contributed by atoms with E-state index >= 15 is 0 Å². The van der Waals surface area contributed by atoms with Crippen molar-refractivity contribution in [2.45, 2.75) is 12.5 Å². The fraction of sp³-hybridized carbons (Fsp3) is 0.333. The Balaban J connectivity index is 2.29. The molecule has 0 radical (unpaired) electrons. The molecule has 1 aromatic heterocycles. The second-order valence-corrected chi connectivity index (χ2v) is 5.19. The zero-order chi connectivity index (χ0) is 11.0. The number of amides is 1. The minimum Gasteiger partial charge on any atom is -0.369 e. The summed E-state index contributed by atoms with van der Waals surface area (Å²) in [5.74, 6) is 0.304. The Morgan fingerprint density at radius 2 is 2.47 bits per heavy atom. The van der Waals surface area contributed by atoms with Crippen molar-refractivity contribution >= 4 is 39.1 Å². The van der Waals surface area contributed by atoms with Crippen LogP contribution in [-0.4, -0.2) is 23.8 Å². The van der Waals surface area contributed by atoms with Crippen molar-refractivity contribution in [3.63, 3.8) is 0 Å². The number of hydrogen-bond donors (Lipinski definition) is 1. The second kappa shape index (κ2) is 3.94. The highest BCUT2D eigenvalue weighted by molar-refractivity contribution is 9.10. The molecule has 0 fully saturated rings. The summed E-state index contributed by atoms with van der Waals surface area (Å²) in [6, 6.07) is 1.86. The Labute approximate surface area is 99.9 Å². The van der Waals surface area contributed by atoms with Crippen molar-refractivity contribution in [2.75, 3.05) is 7.05 Å². The number of thiophene rings is 1. The number of carbonyl (C=O) groups excluding carboxylic acids is 1. The van der Waals surface area contributed by atoms with Gasteiger partial charge in [0.15, 0.2) is 5.96 Å². The summed E-state index contributed by atoms with van der Waals surface area (Å²) in [5.41, 5.74) is 5.65. The Bertz CT molecular complexity index is 429. The molecule has 0 bridgehead atoms. The summed E-state index contributed by atoms with van der Waals surface area (Å²) in [4.78, 5) is 18.3. The van der Waals surface area contributed by atoms with E-state index in [1.807, 2.05) is 11.4 Å². The van der Waals surface area contributed by atoms with Crippen LogP contribution >= 0.6 is 27.3 Å². The minimum absolute atomic E-state index is 0.0111. The fourth-order valence-electron chi connectivity index (χ4n) is 1.39. The van der Waals surface area contributed by atoms with Crippen LogP contribution in [0.25, 0.3) is 0 Å². The molecule has 0 saturated carbocycles. The van der Waals surface area contributed by atoms with E-state index in [0.29, 0.717) is 12.4 Å². The highest BCUT2D eigenvalue weighted by Gasteiger charge is 2.26. The zero-order valence-electron chi connectivity index (χ0n) is 8.11. The Morgan fingerprint density at radius 3 is 3.00 bits per heavy atom. The maximum absolute atomic E-state index is 11.6. The quantitative estimate of drug-likeness (QED) is 0.855. The summed E-state index contributed by atoms with van der Waals surface area (Å²) in [7, 11) is 1.64. The van der Waals surface area contributed by atoms with E-state index in [2.05, 4.69) is 20.9 Å². The molecule has 2 heterocycles. The molecule has 6 heteroatoms. The van der Waals surface area contributed by atoms with E-state index in [4.69, 9.17) is 5.73 Å². The SMILES string of the molecule is CN1C(=O)C[C@@H](c2cc(Br)cs2)N=C1N. The van der Waals surface area contributed by atoms with Crippen LogP contribution in [0, 0.1) is 0 Å². The monoisotopic (exact) mass is 287 g/mol. The third-order valence-electron chi connectivity index (χ3n) is 2.29. The first-order chi connectivity index (χ1) is 7.08. The number of nitrogens with two attached hydrogens (primary N) is 1. The second-order valence-electron chi connectivity index (χ2n) is 3.33. The van der Waals surface area contributed by atoms with Gasteiger partial charge >= 0.3 is 0 Å². The van der Waals surface area contributed by atoms with Crippen molar-refractivity contribution in [3.05, 3.63) is 20.8 Å². The van der Waals surface area contributed by atoms with E-state index in [-0.39, 0.29) is 11.9 Å². The first-order valence-corrected chi connectivity index (χ1v) is 6.09. The molecule has 1 amide bonds. The largest absolute Gasteiger partial charge is 0.369 e. The highest BCUT2D eigenvalue weighted by Crippen LogP contribution is 2.32. The topological polar surface area (TPSA) is 58.7 Å². The highest BCUT2D eigenvalue weighted by atomic mass is 79.9. The number of aliphatic imine (C=N–C) groups is 1. The molecule has 80 valence electrons. The van der Waals surface area contributed by atoms with Crippen LogP contribution in [0.4, 0.5) is 0 Å². The van der Waals surface area contributed by atoms with E-state index in [9.17, 15) is 4.79 Å². The van der Waals surface area contributed by atoms with Gasteiger partial charge in [-0.25, -0.2) is 4.99 Å². The smallest absolute Gasteiger partial charge is 0.231 e. The lowest BCUT2D eigenvalue weighted by atomic mass is 10.1. The lowest BCUT2D eigenvalue weighted by Gasteiger charge is -2.24. The molecule has 1 atom stereocenters. The first-order valence-electron chi connectivity index (χ1n) is 4.41. The van der Waals surface area contributed by atoms with Crippen LogP contribution in [0.1, 0.15) is 17.3 Å². The molecule has 2 N–H and O–H groups in total. The maximum Gasteiger partial charge on any atom is 0.231 e. The molecular weight excluding hydrogens is 278 g/mol. The standard InChI is InChI=1S/C9H10BrN3OS/c1-13-8(14)3-6(12-9(13)11)7-2-5(10)4-15-7/h2,4,6H,3H2,1H3,(H2,11,12)/t6-/m0/s1. The van der Waals surface area contributed by atoms with Gasteiger partial charge in [0.05, 0.1) is 12.5 Å². The predicted molar refractivity (Wildman–Crippen MR) is 63.8 cm³/mol. The van der Waals surface area contributed by atoms with Gasteiger partial charge in [-0.2, -0.15) is 0 Å². The van der Waals surface area contributed by atoms with Gasteiger partial charge in [-0.15, -0.1) is 11.3 Å². The van der Waals surface area contributed by atoms with Gasteiger partial charge < -0.3 is 5.73 Å². The molecule has 2 rings (SSSR count). The zero-order valence-corrected chi connectivity index (χ0v) is 10.5. The van der Waals surface area contributed by atoms with Gasteiger partial charge in [-0.3, -0.25) is 9.69 Å². The summed E-state index contributed by atoms with van der Waals surface area (Å²) in [5, 5.41) is 1.98. The van der Waals surface area contributed by atoms with Crippen LogP contribution < -0.4 is 5.73 Å². The molecule has 0 spiro atoms. The number of halogens is 1. The summed E-state index contributed by atoms with van der Waals surface area (Å²) >= 11 is 4.96. The van der Waals surface area contributed by atoms with Crippen molar-refractivity contribution in [1.82, 2.24) is 4.90 Å². The van der Waals surface area contributed by atoms with Crippen LogP contribution in [0.5, 0.6) is 0 Å². The summed E-state index contributed by atoms with van der Waals surface area (Å²) < 4.78 is 1.02. The molecule has 15 heavy (non-hydrogen) atoms. The molecule has 0 aliphatic carbocycles. The van der Waals surface area contributed by atoms with E-state index < -0.39 is 0 Å². The van der Waals surface area contributed by atoms with Crippen LogP contribution in [0.3, 0.4) is 0 Å². The number of nitrogens with zero attached hydrogens (tertiary/aromatic N) is 2. The Morgan fingerprint density at radius 1 is 1.73 bits per heavy atom. The van der Waals surface area contributed by atoms with Crippen LogP contribution in [-0.2, 0) is 4.79 Å². The first kappa shape index (κ1) is 10.6. The predicted octanol–water partition coefficient (Wildman–Crippen LogP) is 1.73. The average Bonchev–Trinajstić information content (AvgIpc) is 2.60. The normalized spacial score (nSPS) is 21.7. The van der Waals surface area contributed by atoms with Crippen molar-refractivity contribution in [3.8, 4) is 0 Å². The van der Waals surface area contributed by atoms with Gasteiger partial charge in [0.25, 0.3) is 0 Å². The lowest BCUT2D eigenvalue weighted by molar-refractivity contribution is -0.127. The number of guanidine groups is 1. The third kappa shape index (κ3) is 2.05. The molecule has 0 saturated heterocycles.